The zero-order chi connectivity index (χ0) is 11.7. The first kappa shape index (κ1) is 11.3. The second-order valence-corrected chi connectivity index (χ2v) is 6.30. The molecule has 1 aliphatic heterocycles. The normalized spacial score (nSPS) is 14.8. The predicted octanol–water partition coefficient (Wildman–Crippen LogP) is 4.46. The van der Waals surface area contributed by atoms with Gasteiger partial charge in [0.2, 0.25) is 0 Å². The highest BCUT2D eigenvalue weighted by molar-refractivity contribution is 9.10. The number of fused-ring (bicyclic) bond motifs is 1. The first-order chi connectivity index (χ1) is 8.33. The molecule has 88 valence electrons. The molecule has 1 aliphatic rings. The molecule has 0 atom stereocenters. The maximum Gasteiger partial charge on any atom is 0.0523 e. The summed E-state index contributed by atoms with van der Waals surface area (Å²) in [7, 11) is 0. The standard InChI is InChI=1S/C14H14BrNS/c15-12-8-13(17-10-12)9-16-7-3-5-11-4-1-2-6-14(11)16/h1-2,4,6,8,10H,3,5,7,9H2. The lowest BCUT2D eigenvalue weighted by Crippen LogP contribution is -2.28. The van der Waals surface area contributed by atoms with Gasteiger partial charge < -0.3 is 4.90 Å². The topological polar surface area (TPSA) is 3.24 Å². The molecule has 2 aromatic rings. The van der Waals surface area contributed by atoms with Gasteiger partial charge in [0.05, 0.1) is 6.54 Å². The predicted molar refractivity (Wildman–Crippen MR) is 77.8 cm³/mol. The van der Waals surface area contributed by atoms with Gasteiger partial charge in [-0.15, -0.1) is 11.3 Å². The average molecular weight is 308 g/mol. The van der Waals surface area contributed by atoms with Crippen LogP contribution in [-0.2, 0) is 13.0 Å². The Morgan fingerprint density at radius 3 is 3.00 bits per heavy atom. The minimum atomic E-state index is 1.03. The monoisotopic (exact) mass is 307 g/mol. The number of rotatable bonds is 2. The van der Waals surface area contributed by atoms with E-state index in [2.05, 4.69) is 56.5 Å². The second-order valence-electron chi connectivity index (χ2n) is 4.39. The lowest BCUT2D eigenvalue weighted by molar-refractivity contribution is 0.695. The van der Waals surface area contributed by atoms with E-state index in [1.54, 1.807) is 0 Å². The Labute approximate surface area is 114 Å². The summed E-state index contributed by atoms with van der Waals surface area (Å²) in [4.78, 5) is 3.92. The Kier molecular flexibility index (Phi) is 3.21. The summed E-state index contributed by atoms with van der Waals surface area (Å²) in [5, 5.41) is 2.16. The highest BCUT2D eigenvalue weighted by atomic mass is 79.9. The van der Waals surface area contributed by atoms with Gasteiger partial charge in [-0.1, -0.05) is 18.2 Å². The van der Waals surface area contributed by atoms with Gasteiger partial charge in [-0.25, -0.2) is 0 Å². The van der Waals surface area contributed by atoms with E-state index >= 15 is 0 Å². The van der Waals surface area contributed by atoms with Crippen molar-refractivity contribution in [3.8, 4) is 0 Å². The molecule has 0 unspecified atom stereocenters. The van der Waals surface area contributed by atoms with Crippen LogP contribution in [0.15, 0.2) is 40.2 Å². The molecule has 3 heteroatoms. The third kappa shape index (κ3) is 2.40. The first-order valence-corrected chi connectivity index (χ1v) is 7.56. The molecule has 1 aromatic heterocycles. The van der Waals surface area contributed by atoms with Crippen LogP contribution in [0.2, 0.25) is 0 Å². The zero-order valence-corrected chi connectivity index (χ0v) is 11.9. The Morgan fingerprint density at radius 2 is 2.18 bits per heavy atom. The van der Waals surface area contributed by atoms with E-state index in [0.29, 0.717) is 0 Å². The lowest BCUT2D eigenvalue weighted by Gasteiger charge is -2.30. The molecule has 17 heavy (non-hydrogen) atoms. The van der Waals surface area contributed by atoms with Crippen molar-refractivity contribution in [2.75, 3.05) is 11.4 Å². The molecular formula is C14H14BrNS. The highest BCUT2D eigenvalue weighted by Crippen LogP contribution is 2.30. The summed E-state index contributed by atoms with van der Waals surface area (Å²) < 4.78 is 1.20. The van der Waals surface area contributed by atoms with E-state index in [1.807, 2.05) is 11.3 Å². The SMILES string of the molecule is Brc1csc(CN2CCCc3ccccc32)c1. The molecular weight excluding hydrogens is 294 g/mol. The third-order valence-electron chi connectivity index (χ3n) is 3.17. The summed E-state index contributed by atoms with van der Waals surface area (Å²) >= 11 is 5.35. The number of anilines is 1. The molecule has 0 radical (unpaired) electrons. The molecule has 1 aromatic carbocycles. The Bertz CT molecular complexity index is 520. The molecule has 0 spiro atoms. The minimum Gasteiger partial charge on any atom is -0.366 e. The maximum atomic E-state index is 3.52. The summed E-state index contributed by atoms with van der Waals surface area (Å²) in [5.41, 5.74) is 2.91. The van der Waals surface area contributed by atoms with Crippen molar-refractivity contribution >= 4 is 33.0 Å². The van der Waals surface area contributed by atoms with Crippen LogP contribution in [0, 0.1) is 0 Å². The molecule has 0 fully saturated rings. The Hall–Kier alpha value is -0.800. The molecule has 3 rings (SSSR count). The number of thiophene rings is 1. The Balaban J connectivity index is 1.85. The number of para-hydroxylation sites is 1. The van der Waals surface area contributed by atoms with Crippen LogP contribution in [-0.4, -0.2) is 6.54 Å². The molecule has 0 saturated carbocycles. The van der Waals surface area contributed by atoms with Crippen molar-refractivity contribution in [3.63, 3.8) is 0 Å². The van der Waals surface area contributed by atoms with Gasteiger partial charge in [0.1, 0.15) is 0 Å². The van der Waals surface area contributed by atoms with Crippen molar-refractivity contribution in [1.82, 2.24) is 0 Å². The van der Waals surface area contributed by atoms with Crippen LogP contribution in [0.4, 0.5) is 5.69 Å². The van der Waals surface area contributed by atoms with Crippen molar-refractivity contribution in [3.05, 3.63) is 50.6 Å². The van der Waals surface area contributed by atoms with E-state index in [0.717, 1.165) is 6.54 Å². The molecule has 0 saturated heterocycles. The van der Waals surface area contributed by atoms with Gasteiger partial charge in [0.15, 0.2) is 0 Å². The number of hydrogen-bond acceptors (Lipinski definition) is 2. The minimum absolute atomic E-state index is 1.03. The van der Waals surface area contributed by atoms with Gasteiger partial charge in [-0.05, 0) is 46.5 Å². The Morgan fingerprint density at radius 1 is 1.29 bits per heavy atom. The maximum absolute atomic E-state index is 3.52. The van der Waals surface area contributed by atoms with Crippen LogP contribution in [0.1, 0.15) is 16.9 Å². The first-order valence-electron chi connectivity index (χ1n) is 5.89. The van der Waals surface area contributed by atoms with E-state index < -0.39 is 0 Å². The number of aryl methyl sites for hydroxylation is 1. The molecule has 0 N–H and O–H groups in total. The van der Waals surface area contributed by atoms with E-state index in [4.69, 9.17) is 0 Å². The van der Waals surface area contributed by atoms with Crippen LogP contribution in [0.5, 0.6) is 0 Å². The second kappa shape index (κ2) is 4.83. The fourth-order valence-electron chi connectivity index (χ4n) is 2.40. The molecule has 1 nitrogen and oxygen atoms in total. The summed E-state index contributed by atoms with van der Waals surface area (Å²) in [5.74, 6) is 0. The van der Waals surface area contributed by atoms with Crippen molar-refractivity contribution in [1.29, 1.82) is 0 Å². The fraction of sp³-hybridized carbons (Fsp3) is 0.286. The van der Waals surface area contributed by atoms with Crippen LogP contribution >= 0.6 is 27.3 Å². The van der Waals surface area contributed by atoms with E-state index in [1.165, 1.54) is 40.0 Å². The summed E-state index contributed by atoms with van der Waals surface area (Å²) in [6.07, 6.45) is 2.49. The van der Waals surface area contributed by atoms with Crippen molar-refractivity contribution in [2.45, 2.75) is 19.4 Å². The molecule has 0 amide bonds. The molecule has 2 heterocycles. The largest absolute Gasteiger partial charge is 0.366 e. The average Bonchev–Trinajstić information content (AvgIpc) is 2.75. The number of nitrogens with zero attached hydrogens (tertiary/aromatic N) is 1. The van der Waals surface area contributed by atoms with Crippen molar-refractivity contribution in [2.24, 2.45) is 0 Å². The molecule has 0 aliphatic carbocycles. The fourth-order valence-corrected chi connectivity index (χ4v) is 3.87. The zero-order valence-electron chi connectivity index (χ0n) is 9.53. The van der Waals surface area contributed by atoms with Crippen LogP contribution < -0.4 is 4.90 Å². The van der Waals surface area contributed by atoms with Gasteiger partial charge in [0, 0.05) is 27.0 Å². The quantitative estimate of drug-likeness (QED) is 0.791. The van der Waals surface area contributed by atoms with E-state index in [-0.39, 0.29) is 0 Å². The number of hydrogen-bond donors (Lipinski definition) is 0. The van der Waals surface area contributed by atoms with Gasteiger partial charge in [-0.2, -0.15) is 0 Å². The van der Waals surface area contributed by atoms with Gasteiger partial charge in [-0.3, -0.25) is 0 Å². The number of benzene rings is 1. The van der Waals surface area contributed by atoms with Crippen LogP contribution in [0.3, 0.4) is 0 Å². The third-order valence-corrected chi connectivity index (χ3v) is 4.86. The van der Waals surface area contributed by atoms with Gasteiger partial charge >= 0.3 is 0 Å². The smallest absolute Gasteiger partial charge is 0.0523 e. The molecule has 0 bridgehead atoms. The van der Waals surface area contributed by atoms with E-state index in [9.17, 15) is 0 Å². The summed E-state index contributed by atoms with van der Waals surface area (Å²) in [6.45, 7) is 2.21. The lowest BCUT2D eigenvalue weighted by atomic mass is 10.0. The summed E-state index contributed by atoms with van der Waals surface area (Å²) in [6, 6.07) is 11.0. The van der Waals surface area contributed by atoms with Gasteiger partial charge in [0.25, 0.3) is 0 Å². The van der Waals surface area contributed by atoms with Crippen LogP contribution in [0.25, 0.3) is 0 Å². The van der Waals surface area contributed by atoms with Crippen molar-refractivity contribution < 1.29 is 0 Å². The number of halogens is 1. The highest BCUT2D eigenvalue weighted by Gasteiger charge is 2.16.